The van der Waals surface area contributed by atoms with Crippen LogP contribution in [0.3, 0.4) is 0 Å². The monoisotopic (exact) mass is 158 g/mol. The zero-order valence-electron chi connectivity index (χ0n) is 6.55. The second-order valence-corrected chi connectivity index (χ2v) is 1.83. The third kappa shape index (κ3) is 5.39. The van der Waals surface area contributed by atoms with Gasteiger partial charge in [0.05, 0.1) is 6.61 Å². The lowest BCUT2D eigenvalue weighted by molar-refractivity contribution is -0.143. The van der Waals surface area contributed by atoms with Crippen molar-refractivity contribution in [2.75, 3.05) is 13.2 Å². The van der Waals surface area contributed by atoms with E-state index < -0.39 is 5.97 Å². The molecule has 63 valence electrons. The van der Waals surface area contributed by atoms with Crippen molar-refractivity contribution >= 4 is 11.9 Å². The highest BCUT2D eigenvalue weighted by Crippen LogP contribution is 1.77. The molecule has 0 atom stereocenters. The van der Waals surface area contributed by atoms with E-state index in [4.69, 9.17) is 0 Å². The molecule has 0 aliphatic rings. The number of rotatable bonds is 4. The van der Waals surface area contributed by atoms with Crippen molar-refractivity contribution in [3.05, 3.63) is 6.92 Å². The predicted octanol–water partition coefficient (Wildman–Crippen LogP) is -0.110. The zero-order chi connectivity index (χ0) is 8.69. The molecule has 0 aromatic carbocycles. The summed E-state index contributed by atoms with van der Waals surface area (Å²) in [7, 11) is 0. The van der Waals surface area contributed by atoms with Gasteiger partial charge in [-0.1, -0.05) is 0 Å². The number of hydrogen-bond donors (Lipinski definition) is 1. The Hall–Kier alpha value is -1.06. The third-order valence-electron chi connectivity index (χ3n) is 0.962. The maximum atomic E-state index is 10.6. The maximum Gasteiger partial charge on any atom is 0.325 e. The molecule has 0 unspecified atom stereocenters. The van der Waals surface area contributed by atoms with E-state index in [0.717, 1.165) is 0 Å². The molecule has 0 bridgehead atoms. The molecular weight excluding hydrogens is 146 g/mol. The molecule has 1 radical (unpaired) electrons. The lowest BCUT2D eigenvalue weighted by Crippen LogP contribution is -2.29. The summed E-state index contributed by atoms with van der Waals surface area (Å²) in [5.41, 5.74) is 0. The first-order valence-electron chi connectivity index (χ1n) is 3.42. The minimum atomic E-state index is -0.422. The van der Waals surface area contributed by atoms with Gasteiger partial charge in [0.15, 0.2) is 0 Å². The van der Waals surface area contributed by atoms with E-state index in [1.165, 1.54) is 0 Å². The molecular formula is C7H12NO3. The van der Waals surface area contributed by atoms with E-state index in [2.05, 4.69) is 17.0 Å². The Morgan fingerprint density at radius 1 is 1.55 bits per heavy atom. The number of ether oxygens (including phenoxy) is 1. The smallest absolute Gasteiger partial charge is 0.325 e. The molecule has 0 saturated carbocycles. The molecule has 1 amide bonds. The van der Waals surface area contributed by atoms with Crippen LogP contribution in [0.15, 0.2) is 0 Å². The normalized spacial score (nSPS) is 8.91. The highest BCUT2D eigenvalue weighted by molar-refractivity contribution is 5.82. The Labute approximate surface area is 65.9 Å². The van der Waals surface area contributed by atoms with Gasteiger partial charge in [-0.05, 0) is 13.8 Å². The lowest BCUT2D eigenvalue weighted by Gasteiger charge is -2.02. The Morgan fingerprint density at radius 3 is 2.64 bits per heavy atom. The molecule has 11 heavy (non-hydrogen) atoms. The Balaban J connectivity index is 3.38. The molecule has 0 fully saturated rings. The minimum Gasteiger partial charge on any atom is -0.465 e. The summed E-state index contributed by atoms with van der Waals surface area (Å²) >= 11 is 0. The van der Waals surface area contributed by atoms with E-state index >= 15 is 0 Å². The number of carbonyl (C=O) groups excluding carboxylic acids is 2. The van der Waals surface area contributed by atoms with Crippen LogP contribution in [0.1, 0.15) is 13.3 Å². The standard InChI is InChI=1S/C7H12NO3/c1-3-6(9)8-5-7(10)11-4-2/h1,3-5H2,2H3,(H,8,9). The lowest BCUT2D eigenvalue weighted by atomic mass is 10.4. The van der Waals surface area contributed by atoms with Crippen LogP contribution >= 0.6 is 0 Å². The summed E-state index contributed by atoms with van der Waals surface area (Å²) in [6.45, 7) is 5.32. The van der Waals surface area contributed by atoms with Gasteiger partial charge in [0, 0.05) is 6.42 Å². The van der Waals surface area contributed by atoms with Gasteiger partial charge in [0.25, 0.3) is 0 Å². The van der Waals surface area contributed by atoms with Gasteiger partial charge in [0.1, 0.15) is 6.54 Å². The van der Waals surface area contributed by atoms with Gasteiger partial charge in [-0.25, -0.2) is 0 Å². The fourth-order valence-electron chi connectivity index (χ4n) is 0.471. The quantitative estimate of drug-likeness (QED) is 0.581. The van der Waals surface area contributed by atoms with Crippen LogP contribution < -0.4 is 5.32 Å². The summed E-state index contributed by atoms with van der Waals surface area (Å²) in [4.78, 5) is 21.1. The largest absolute Gasteiger partial charge is 0.465 e. The number of amides is 1. The molecule has 1 N–H and O–H groups in total. The predicted molar refractivity (Wildman–Crippen MR) is 39.6 cm³/mol. The van der Waals surface area contributed by atoms with Crippen LogP contribution in [0.5, 0.6) is 0 Å². The van der Waals surface area contributed by atoms with Gasteiger partial charge in [-0.3, -0.25) is 9.59 Å². The molecule has 0 aliphatic heterocycles. The minimum absolute atomic E-state index is 0.0673. The van der Waals surface area contributed by atoms with Crippen LogP contribution in [0.4, 0.5) is 0 Å². The Morgan fingerprint density at radius 2 is 2.18 bits per heavy atom. The molecule has 0 aliphatic carbocycles. The third-order valence-corrected chi connectivity index (χ3v) is 0.962. The number of esters is 1. The Bertz CT molecular complexity index is 145. The molecule has 0 saturated heterocycles. The van der Waals surface area contributed by atoms with Crippen molar-refractivity contribution in [1.29, 1.82) is 0 Å². The maximum absolute atomic E-state index is 10.6. The summed E-state index contributed by atoms with van der Waals surface area (Å²) in [6, 6.07) is 0. The molecule has 0 spiro atoms. The van der Waals surface area contributed by atoms with E-state index in [1.807, 2.05) is 0 Å². The number of hydrogen-bond acceptors (Lipinski definition) is 3. The van der Waals surface area contributed by atoms with Gasteiger partial charge in [-0.2, -0.15) is 0 Å². The van der Waals surface area contributed by atoms with Crippen molar-refractivity contribution in [2.24, 2.45) is 0 Å². The molecule has 4 nitrogen and oxygen atoms in total. The molecule has 0 rings (SSSR count). The fraction of sp³-hybridized carbons (Fsp3) is 0.571. The van der Waals surface area contributed by atoms with Crippen molar-refractivity contribution in [2.45, 2.75) is 13.3 Å². The van der Waals surface area contributed by atoms with Crippen molar-refractivity contribution in [1.82, 2.24) is 5.32 Å². The van der Waals surface area contributed by atoms with Crippen molar-refractivity contribution in [3.63, 3.8) is 0 Å². The second kappa shape index (κ2) is 5.70. The summed E-state index contributed by atoms with van der Waals surface area (Å²) in [6.07, 6.45) is 0.138. The summed E-state index contributed by atoms with van der Waals surface area (Å²) in [5, 5.41) is 2.34. The van der Waals surface area contributed by atoms with Gasteiger partial charge >= 0.3 is 5.97 Å². The topological polar surface area (TPSA) is 55.4 Å². The van der Waals surface area contributed by atoms with Crippen molar-refractivity contribution in [3.8, 4) is 0 Å². The summed E-state index contributed by atoms with van der Waals surface area (Å²) in [5.74, 6) is -0.674. The first-order valence-corrected chi connectivity index (χ1v) is 3.42. The van der Waals surface area contributed by atoms with Crippen LogP contribution in [0.2, 0.25) is 0 Å². The van der Waals surface area contributed by atoms with Gasteiger partial charge in [0.2, 0.25) is 5.91 Å². The second-order valence-electron chi connectivity index (χ2n) is 1.83. The number of nitrogens with one attached hydrogen (secondary N) is 1. The van der Waals surface area contributed by atoms with E-state index in [9.17, 15) is 9.59 Å². The molecule has 0 aromatic heterocycles. The molecule has 0 aromatic rings. The van der Waals surface area contributed by atoms with Crippen molar-refractivity contribution < 1.29 is 14.3 Å². The van der Waals surface area contributed by atoms with Crippen LogP contribution in [-0.2, 0) is 14.3 Å². The fourth-order valence-corrected chi connectivity index (χ4v) is 0.471. The SMILES string of the molecule is [CH2]CC(=O)NCC(=O)OCC. The number of carbonyl (C=O) groups is 2. The van der Waals surface area contributed by atoms with Gasteiger partial charge < -0.3 is 10.1 Å². The zero-order valence-corrected chi connectivity index (χ0v) is 6.55. The van der Waals surface area contributed by atoms with E-state index in [0.29, 0.717) is 6.61 Å². The highest BCUT2D eigenvalue weighted by Gasteiger charge is 2.02. The Kier molecular flexibility index (Phi) is 5.15. The van der Waals surface area contributed by atoms with Gasteiger partial charge in [-0.15, -0.1) is 0 Å². The summed E-state index contributed by atoms with van der Waals surface area (Å²) < 4.78 is 4.56. The first-order chi connectivity index (χ1) is 5.20. The first kappa shape index (κ1) is 9.94. The van der Waals surface area contributed by atoms with Crippen LogP contribution in [-0.4, -0.2) is 25.0 Å². The van der Waals surface area contributed by atoms with Crippen LogP contribution in [0.25, 0.3) is 0 Å². The average Bonchev–Trinajstić information content (AvgIpc) is 2.01. The van der Waals surface area contributed by atoms with E-state index in [-0.39, 0.29) is 18.9 Å². The average molecular weight is 158 g/mol. The van der Waals surface area contributed by atoms with Crippen LogP contribution in [0, 0.1) is 6.92 Å². The molecule has 0 heterocycles. The molecule has 4 heteroatoms. The highest BCUT2D eigenvalue weighted by atomic mass is 16.5. The van der Waals surface area contributed by atoms with E-state index in [1.54, 1.807) is 6.92 Å².